The van der Waals surface area contributed by atoms with Crippen molar-refractivity contribution in [2.45, 2.75) is 12.0 Å². The van der Waals surface area contributed by atoms with Crippen molar-refractivity contribution in [2.75, 3.05) is 10.3 Å². The number of anilines is 2. The molecule has 0 saturated carbocycles. The molecule has 9 heteroatoms. The van der Waals surface area contributed by atoms with Crippen LogP contribution in [0.2, 0.25) is 5.02 Å². The van der Waals surface area contributed by atoms with Gasteiger partial charge in [0.05, 0.1) is 22.1 Å². The van der Waals surface area contributed by atoms with Gasteiger partial charge in [0.2, 0.25) is 0 Å². The van der Waals surface area contributed by atoms with E-state index in [-0.39, 0.29) is 18.0 Å². The highest BCUT2D eigenvalue weighted by Crippen LogP contribution is 2.44. The molecule has 3 aromatic carbocycles. The largest absolute Gasteiger partial charge is 0.378 e. The number of rotatable bonds is 1. The summed E-state index contributed by atoms with van der Waals surface area (Å²) in [7, 11) is 0. The van der Waals surface area contributed by atoms with Gasteiger partial charge in [-0.25, -0.2) is 14.8 Å². The molecule has 3 aliphatic heterocycles. The second kappa shape index (κ2) is 7.26. The van der Waals surface area contributed by atoms with Crippen molar-refractivity contribution in [3.05, 3.63) is 105 Å². The highest BCUT2D eigenvalue weighted by atomic mass is 35.5. The third-order valence-corrected chi connectivity index (χ3v) is 6.12. The molecule has 0 aliphatic carbocycles. The van der Waals surface area contributed by atoms with Gasteiger partial charge in [0.1, 0.15) is 0 Å². The van der Waals surface area contributed by atoms with E-state index < -0.39 is 11.5 Å². The van der Waals surface area contributed by atoms with Crippen LogP contribution in [0.3, 0.4) is 0 Å². The summed E-state index contributed by atoms with van der Waals surface area (Å²) in [5.41, 5.74) is 3.97. The molecule has 6 rings (SSSR count). The third kappa shape index (κ3) is 3.03. The topological polar surface area (TPSA) is 95.4 Å². The Morgan fingerprint density at radius 2 is 1.67 bits per heavy atom. The van der Waals surface area contributed by atoms with Crippen LogP contribution in [0.5, 0.6) is 0 Å². The predicted octanol–water partition coefficient (Wildman–Crippen LogP) is 2.53. The first-order valence-electron chi connectivity index (χ1n) is 10.3. The molecule has 2 N–H and O–H groups in total. The summed E-state index contributed by atoms with van der Waals surface area (Å²) in [6, 6.07) is 21.6. The molecule has 3 heterocycles. The molecule has 1 spiro atoms. The van der Waals surface area contributed by atoms with E-state index in [0.29, 0.717) is 32.8 Å². The molecule has 33 heavy (non-hydrogen) atoms. The molecular formula is C24H16ClN5O3. The maximum atomic E-state index is 13.4. The second-order valence-corrected chi connectivity index (χ2v) is 8.27. The first-order chi connectivity index (χ1) is 16.0. The standard InChI is InChI=1S/C24H16ClN5O3/c25-14-9-11-15(12-10-14)30-21(22(31)33-29-30)20-13-24(28-19-8-4-3-7-18(19)26-20)16-5-1-2-6-17(16)27-23(24)32/h1-12,29H,13H2,(H,27,32)/b21-20-. The Labute approximate surface area is 192 Å². The van der Waals surface area contributed by atoms with Crippen LogP contribution in [0.1, 0.15) is 12.0 Å². The van der Waals surface area contributed by atoms with Crippen molar-refractivity contribution in [1.82, 2.24) is 5.59 Å². The number of hydrogen-bond donors (Lipinski definition) is 2. The summed E-state index contributed by atoms with van der Waals surface area (Å²) in [6.07, 6.45) is 0.0702. The Kier molecular flexibility index (Phi) is 4.33. The number of hydrogen-bond acceptors (Lipinski definition) is 7. The molecule has 0 radical (unpaired) electrons. The highest BCUT2D eigenvalue weighted by molar-refractivity contribution is 6.30. The van der Waals surface area contributed by atoms with E-state index in [2.05, 4.69) is 10.9 Å². The maximum absolute atomic E-state index is 13.4. The summed E-state index contributed by atoms with van der Waals surface area (Å²) in [6.45, 7) is 0. The van der Waals surface area contributed by atoms with Crippen LogP contribution in [0.25, 0.3) is 0 Å². The van der Waals surface area contributed by atoms with Crippen molar-refractivity contribution in [1.29, 1.82) is 0 Å². The predicted molar refractivity (Wildman–Crippen MR) is 120 cm³/mol. The van der Waals surface area contributed by atoms with Gasteiger partial charge in [0, 0.05) is 22.7 Å². The van der Waals surface area contributed by atoms with Crippen molar-refractivity contribution in [3.8, 4) is 0 Å². The molecule has 162 valence electrons. The number of nitrogens with zero attached hydrogens (tertiary/aromatic N) is 3. The Balaban J connectivity index is 1.63. The van der Waals surface area contributed by atoms with Crippen LogP contribution in [0.4, 0.5) is 11.4 Å². The Hall–Kier alpha value is -4.01. The van der Waals surface area contributed by atoms with Gasteiger partial charge >= 0.3 is 5.97 Å². The zero-order valence-corrected chi connectivity index (χ0v) is 17.8. The number of carbonyl (C=O) groups is 2. The van der Waals surface area contributed by atoms with E-state index >= 15 is 0 Å². The number of fused-ring (bicyclic) bond motifs is 3. The molecule has 0 aromatic heterocycles. The van der Waals surface area contributed by atoms with Gasteiger partial charge in [-0.05, 0) is 42.5 Å². The van der Waals surface area contributed by atoms with Gasteiger partial charge in [0.25, 0.3) is 5.91 Å². The Bertz CT molecular complexity index is 1480. The summed E-state index contributed by atoms with van der Waals surface area (Å²) in [4.78, 5) is 41.1. The fraction of sp³-hybridized carbons (Fsp3) is 0.0833. The van der Waals surface area contributed by atoms with Crippen LogP contribution in [0.15, 0.2) is 94.2 Å². The third-order valence-electron chi connectivity index (χ3n) is 5.87. The molecule has 3 aliphatic rings. The fourth-order valence-electron chi connectivity index (χ4n) is 4.34. The SMILES string of the molecule is O=C1ONN(c2ccc(Cl)cc2)/C1=C1/CC2(N=c3ccccc3=N1)C(=O)Nc1ccccc12. The van der Waals surface area contributed by atoms with E-state index in [1.807, 2.05) is 42.5 Å². The van der Waals surface area contributed by atoms with Gasteiger partial charge < -0.3 is 10.2 Å². The quantitative estimate of drug-likeness (QED) is 0.547. The van der Waals surface area contributed by atoms with Gasteiger partial charge in [0.15, 0.2) is 11.2 Å². The van der Waals surface area contributed by atoms with Crippen LogP contribution >= 0.6 is 11.6 Å². The van der Waals surface area contributed by atoms with E-state index in [1.165, 1.54) is 5.01 Å². The summed E-state index contributed by atoms with van der Waals surface area (Å²) in [5, 5.41) is 6.12. The number of benzene rings is 3. The monoisotopic (exact) mass is 457 g/mol. The zero-order valence-electron chi connectivity index (χ0n) is 17.1. The molecule has 1 saturated heterocycles. The number of amides is 1. The molecule has 3 aromatic rings. The lowest BCUT2D eigenvalue weighted by molar-refractivity contribution is -0.140. The van der Waals surface area contributed by atoms with Gasteiger partial charge in [-0.15, -0.1) is 0 Å². The van der Waals surface area contributed by atoms with Crippen LogP contribution in [-0.2, 0) is 20.0 Å². The average Bonchev–Trinajstić information content (AvgIpc) is 3.25. The molecule has 1 amide bonds. The molecule has 1 fully saturated rings. The van der Waals surface area contributed by atoms with E-state index in [9.17, 15) is 9.59 Å². The summed E-state index contributed by atoms with van der Waals surface area (Å²) in [5.74, 6) is -0.879. The average molecular weight is 458 g/mol. The molecule has 1 atom stereocenters. The lowest BCUT2D eigenvalue weighted by Crippen LogP contribution is -2.36. The number of halogens is 1. The van der Waals surface area contributed by atoms with Crippen molar-refractivity contribution in [3.63, 3.8) is 0 Å². The smallest absolute Gasteiger partial charge is 0.345 e. The molecule has 1 unspecified atom stereocenters. The fourth-order valence-corrected chi connectivity index (χ4v) is 4.47. The summed E-state index contributed by atoms with van der Waals surface area (Å²) < 4.78 is 0. The second-order valence-electron chi connectivity index (χ2n) is 7.84. The normalized spacial score (nSPS) is 23.2. The van der Waals surface area contributed by atoms with Crippen molar-refractivity contribution < 1.29 is 14.4 Å². The number of para-hydroxylation sites is 3. The first-order valence-corrected chi connectivity index (χ1v) is 10.6. The molecular weight excluding hydrogens is 442 g/mol. The van der Waals surface area contributed by atoms with Gasteiger partial charge in [-0.2, -0.15) is 0 Å². The van der Waals surface area contributed by atoms with Gasteiger partial charge in [-0.3, -0.25) is 9.79 Å². The van der Waals surface area contributed by atoms with Crippen LogP contribution in [0, 0.1) is 0 Å². The summed E-state index contributed by atoms with van der Waals surface area (Å²) >= 11 is 6.03. The minimum absolute atomic E-state index is 0.0702. The molecule has 8 nitrogen and oxygen atoms in total. The number of carbonyl (C=O) groups excluding carboxylic acids is 2. The van der Waals surface area contributed by atoms with Crippen molar-refractivity contribution in [2.24, 2.45) is 9.98 Å². The number of hydrazine groups is 1. The highest BCUT2D eigenvalue weighted by Gasteiger charge is 2.49. The minimum atomic E-state index is -1.27. The van der Waals surface area contributed by atoms with Crippen LogP contribution < -0.4 is 26.6 Å². The molecule has 0 bridgehead atoms. The lowest BCUT2D eigenvalue weighted by Gasteiger charge is -2.24. The van der Waals surface area contributed by atoms with E-state index in [1.54, 1.807) is 30.3 Å². The number of nitrogens with one attached hydrogen (secondary N) is 2. The Morgan fingerprint density at radius 1 is 0.939 bits per heavy atom. The zero-order chi connectivity index (χ0) is 22.6. The maximum Gasteiger partial charge on any atom is 0.378 e. The van der Waals surface area contributed by atoms with Gasteiger partial charge in [-0.1, -0.05) is 47.5 Å². The van der Waals surface area contributed by atoms with E-state index in [0.717, 1.165) is 5.56 Å². The van der Waals surface area contributed by atoms with E-state index in [4.69, 9.17) is 26.4 Å². The van der Waals surface area contributed by atoms with Crippen LogP contribution in [-0.4, -0.2) is 11.9 Å². The first kappa shape index (κ1) is 19.7. The van der Waals surface area contributed by atoms with Crippen molar-refractivity contribution >= 4 is 34.9 Å². The minimum Gasteiger partial charge on any atom is -0.345 e. The Morgan fingerprint density at radius 3 is 2.48 bits per heavy atom. The lowest BCUT2D eigenvalue weighted by atomic mass is 9.86.